The Morgan fingerprint density at radius 1 is 0.971 bits per heavy atom. The van der Waals surface area contributed by atoms with Gasteiger partial charge in [0.25, 0.3) is 0 Å². The third kappa shape index (κ3) is 5.57. The van der Waals surface area contributed by atoms with Crippen LogP contribution in [0.2, 0.25) is 0 Å². The predicted molar refractivity (Wildman–Crippen MR) is 142 cm³/mol. The molecule has 182 valence electrons. The van der Waals surface area contributed by atoms with Gasteiger partial charge >= 0.3 is 0 Å². The van der Waals surface area contributed by atoms with Crippen molar-refractivity contribution in [3.63, 3.8) is 0 Å². The first-order chi connectivity index (χ1) is 17.0. The van der Waals surface area contributed by atoms with Crippen LogP contribution in [0.3, 0.4) is 0 Å². The summed E-state index contributed by atoms with van der Waals surface area (Å²) in [6.45, 7) is 7.53. The molecule has 0 aliphatic heterocycles. The monoisotopic (exact) mass is 470 g/mol. The number of methoxy groups -OCH3 is 1. The molecule has 0 amide bonds. The number of nitrogens with zero attached hydrogens (tertiary/aromatic N) is 2. The molecule has 0 aliphatic carbocycles. The molecule has 0 saturated carbocycles. The Kier molecular flexibility index (Phi) is 7.88. The van der Waals surface area contributed by atoms with Crippen molar-refractivity contribution in [1.82, 2.24) is 9.55 Å². The SMILES string of the molecule is C/C=C/c1ccc(OCCCCn2c(C(O)c3ccccc3)nc3cc(C)c(C)cc32)c(OC)c1. The lowest BCUT2D eigenvalue weighted by Crippen LogP contribution is -2.11. The summed E-state index contributed by atoms with van der Waals surface area (Å²) < 4.78 is 13.7. The van der Waals surface area contributed by atoms with Crippen LogP contribution in [0.1, 0.15) is 53.9 Å². The number of unbranched alkanes of at least 4 members (excludes halogenated alkanes) is 1. The minimum Gasteiger partial charge on any atom is -0.493 e. The van der Waals surface area contributed by atoms with Crippen LogP contribution in [0.25, 0.3) is 17.1 Å². The number of imidazole rings is 1. The fourth-order valence-corrected chi connectivity index (χ4v) is 4.28. The maximum absolute atomic E-state index is 11.2. The first-order valence-corrected chi connectivity index (χ1v) is 12.2. The van der Waals surface area contributed by atoms with E-state index in [4.69, 9.17) is 14.5 Å². The van der Waals surface area contributed by atoms with Crippen molar-refractivity contribution in [3.05, 3.63) is 94.8 Å². The lowest BCUT2D eigenvalue weighted by Gasteiger charge is -2.15. The summed E-state index contributed by atoms with van der Waals surface area (Å²) in [6.07, 6.45) is 5.02. The summed E-state index contributed by atoms with van der Waals surface area (Å²) in [5.41, 5.74) is 6.32. The molecular weight excluding hydrogens is 436 g/mol. The highest BCUT2D eigenvalue weighted by molar-refractivity contribution is 5.78. The van der Waals surface area contributed by atoms with Gasteiger partial charge in [-0.1, -0.05) is 48.6 Å². The zero-order chi connectivity index (χ0) is 24.8. The standard InChI is InChI=1S/C30H34N2O3/c1-5-11-23-14-15-27(28(20-23)34-4)35-17-10-9-16-32-26-19-22(3)21(2)18-25(26)31-30(32)29(33)24-12-7-6-8-13-24/h5-8,11-15,18-20,29,33H,9-10,16-17H2,1-4H3/b11-5+. The summed E-state index contributed by atoms with van der Waals surface area (Å²) in [7, 11) is 1.66. The molecule has 4 rings (SSSR count). The molecule has 0 bridgehead atoms. The smallest absolute Gasteiger partial charge is 0.161 e. The average Bonchev–Trinajstić information content (AvgIpc) is 3.21. The quantitative estimate of drug-likeness (QED) is 0.264. The summed E-state index contributed by atoms with van der Waals surface area (Å²) in [5, 5.41) is 11.2. The number of aliphatic hydroxyl groups is 1. The molecule has 3 aromatic carbocycles. The summed E-state index contributed by atoms with van der Waals surface area (Å²) in [4.78, 5) is 4.84. The molecule has 0 saturated heterocycles. The van der Waals surface area contributed by atoms with Crippen molar-refractivity contribution >= 4 is 17.1 Å². The van der Waals surface area contributed by atoms with Gasteiger partial charge in [-0.2, -0.15) is 0 Å². The van der Waals surface area contributed by atoms with E-state index in [1.165, 1.54) is 11.1 Å². The van der Waals surface area contributed by atoms with Crippen LogP contribution in [0.15, 0.2) is 66.7 Å². The van der Waals surface area contributed by atoms with E-state index >= 15 is 0 Å². The van der Waals surface area contributed by atoms with Crippen LogP contribution in [0, 0.1) is 13.8 Å². The highest BCUT2D eigenvalue weighted by Crippen LogP contribution is 2.30. The second-order valence-electron chi connectivity index (χ2n) is 8.83. The fraction of sp³-hybridized carbons (Fsp3) is 0.300. The van der Waals surface area contributed by atoms with Gasteiger partial charge in [-0.3, -0.25) is 0 Å². The van der Waals surface area contributed by atoms with Crippen molar-refractivity contribution in [2.75, 3.05) is 13.7 Å². The molecule has 1 atom stereocenters. The van der Waals surface area contributed by atoms with E-state index in [1.54, 1.807) is 7.11 Å². The lowest BCUT2D eigenvalue weighted by molar-refractivity contribution is 0.204. The molecule has 5 heteroatoms. The minimum atomic E-state index is -0.777. The Morgan fingerprint density at radius 2 is 1.74 bits per heavy atom. The normalized spacial score (nSPS) is 12.4. The van der Waals surface area contributed by atoms with E-state index in [0.717, 1.165) is 53.0 Å². The van der Waals surface area contributed by atoms with E-state index in [-0.39, 0.29) is 0 Å². The van der Waals surface area contributed by atoms with Crippen molar-refractivity contribution in [2.45, 2.75) is 46.3 Å². The zero-order valence-corrected chi connectivity index (χ0v) is 21.0. The molecule has 0 radical (unpaired) electrons. The van der Waals surface area contributed by atoms with E-state index in [2.05, 4.69) is 30.5 Å². The van der Waals surface area contributed by atoms with Crippen molar-refractivity contribution in [1.29, 1.82) is 0 Å². The first kappa shape index (κ1) is 24.6. The highest BCUT2D eigenvalue weighted by atomic mass is 16.5. The third-order valence-corrected chi connectivity index (χ3v) is 6.33. The zero-order valence-electron chi connectivity index (χ0n) is 21.0. The van der Waals surface area contributed by atoms with Crippen LogP contribution < -0.4 is 9.47 Å². The van der Waals surface area contributed by atoms with Gasteiger partial charge in [-0.05, 0) is 80.1 Å². The first-order valence-electron chi connectivity index (χ1n) is 12.2. The largest absolute Gasteiger partial charge is 0.493 e. The van der Waals surface area contributed by atoms with Gasteiger partial charge in [0.15, 0.2) is 11.5 Å². The number of ether oxygens (including phenoxy) is 2. The topological polar surface area (TPSA) is 56.5 Å². The molecule has 1 aromatic heterocycles. The Hall–Kier alpha value is -3.57. The van der Waals surface area contributed by atoms with Gasteiger partial charge < -0.3 is 19.1 Å². The van der Waals surface area contributed by atoms with Gasteiger partial charge in [0.2, 0.25) is 0 Å². The third-order valence-electron chi connectivity index (χ3n) is 6.33. The maximum atomic E-state index is 11.2. The number of hydrogen-bond donors (Lipinski definition) is 1. The van der Waals surface area contributed by atoms with E-state index < -0.39 is 6.10 Å². The molecule has 1 unspecified atom stereocenters. The highest BCUT2D eigenvalue weighted by Gasteiger charge is 2.20. The van der Waals surface area contributed by atoms with E-state index in [1.807, 2.05) is 67.6 Å². The fourth-order valence-electron chi connectivity index (χ4n) is 4.28. The second kappa shape index (κ2) is 11.2. The molecule has 0 fully saturated rings. The van der Waals surface area contributed by atoms with Crippen molar-refractivity contribution in [3.8, 4) is 11.5 Å². The number of benzene rings is 3. The number of aliphatic hydroxyl groups excluding tert-OH is 1. The van der Waals surface area contributed by atoms with Crippen molar-refractivity contribution in [2.24, 2.45) is 0 Å². The summed E-state index contributed by atoms with van der Waals surface area (Å²) >= 11 is 0. The van der Waals surface area contributed by atoms with Gasteiger partial charge in [-0.25, -0.2) is 4.98 Å². The molecule has 1 N–H and O–H groups in total. The molecule has 5 nitrogen and oxygen atoms in total. The molecule has 0 aliphatic rings. The van der Waals surface area contributed by atoms with Crippen molar-refractivity contribution < 1.29 is 14.6 Å². The second-order valence-corrected chi connectivity index (χ2v) is 8.83. The summed E-state index contributed by atoms with van der Waals surface area (Å²) in [5.74, 6) is 2.17. The number of allylic oxidation sites excluding steroid dienone is 1. The van der Waals surface area contributed by atoms with E-state index in [9.17, 15) is 5.11 Å². The Balaban J connectivity index is 1.48. The molecule has 0 spiro atoms. The van der Waals surface area contributed by atoms with Crippen LogP contribution >= 0.6 is 0 Å². The molecular formula is C30H34N2O3. The molecule has 1 heterocycles. The Morgan fingerprint density at radius 3 is 2.49 bits per heavy atom. The lowest BCUT2D eigenvalue weighted by atomic mass is 10.1. The minimum absolute atomic E-state index is 0.584. The molecule has 35 heavy (non-hydrogen) atoms. The number of aromatic nitrogens is 2. The number of rotatable bonds is 10. The number of fused-ring (bicyclic) bond motifs is 1. The van der Waals surface area contributed by atoms with Gasteiger partial charge in [0, 0.05) is 6.54 Å². The van der Waals surface area contributed by atoms with Gasteiger partial charge in [0.1, 0.15) is 11.9 Å². The number of hydrogen-bond acceptors (Lipinski definition) is 4. The predicted octanol–water partition coefficient (Wildman–Crippen LogP) is 6.64. The Labute approximate surface area is 207 Å². The van der Waals surface area contributed by atoms with Crippen LogP contribution in [0.5, 0.6) is 11.5 Å². The average molecular weight is 471 g/mol. The van der Waals surface area contributed by atoms with Crippen LogP contribution in [-0.2, 0) is 6.54 Å². The molecule has 4 aromatic rings. The Bertz CT molecular complexity index is 1310. The van der Waals surface area contributed by atoms with Gasteiger partial charge in [-0.15, -0.1) is 0 Å². The maximum Gasteiger partial charge on any atom is 0.161 e. The van der Waals surface area contributed by atoms with E-state index in [0.29, 0.717) is 12.4 Å². The van der Waals surface area contributed by atoms with Gasteiger partial charge in [0.05, 0.1) is 24.8 Å². The summed E-state index contributed by atoms with van der Waals surface area (Å²) in [6, 6.07) is 20.0. The van der Waals surface area contributed by atoms with Crippen LogP contribution in [-0.4, -0.2) is 28.4 Å². The number of aryl methyl sites for hydroxylation is 3. The van der Waals surface area contributed by atoms with Crippen LogP contribution in [0.4, 0.5) is 0 Å².